The van der Waals surface area contributed by atoms with E-state index in [1.807, 2.05) is 45.9 Å². The molecule has 0 aliphatic carbocycles. The van der Waals surface area contributed by atoms with Crippen LogP contribution in [-0.4, -0.2) is 45.7 Å². The number of fused-ring (bicyclic) bond motifs is 1. The monoisotopic (exact) mass is 540 g/mol. The predicted octanol–water partition coefficient (Wildman–Crippen LogP) is 4.65. The van der Waals surface area contributed by atoms with Gasteiger partial charge in [0, 0.05) is 29.3 Å². The maximum Gasteiger partial charge on any atom is 0.309 e. The average molecular weight is 541 g/mol. The minimum Gasteiger partial charge on any atom is -0.460 e. The van der Waals surface area contributed by atoms with Crippen molar-refractivity contribution in [3.63, 3.8) is 0 Å². The van der Waals surface area contributed by atoms with Gasteiger partial charge in [-0.2, -0.15) is 5.26 Å². The van der Waals surface area contributed by atoms with Gasteiger partial charge in [0.05, 0.1) is 5.92 Å². The van der Waals surface area contributed by atoms with E-state index in [4.69, 9.17) is 9.15 Å². The molecule has 0 saturated carbocycles. The molecule has 8 nitrogen and oxygen atoms in total. The van der Waals surface area contributed by atoms with Gasteiger partial charge in [-0.05, 0) is 71.3 Å². The fourth-order valence-corrected chi connectivity index (χ4v) is 4.65. The highest BCUT2D eigenvalue weighted by molar-refractivity contribution is 9.10. The Kier molecular flexibility index (Phi) is 7.15. The highest BCUT2D eigenvalue weighted by Gasteiger charge is 2.29. The molecule has 0 amide bonds. The van der Waals surface area contributed by atoms with Crippen molar-refractivity contribution in [2.75, 3.05) is 19.6 Å². The van der Waals surface area contributed by atoms with E-state index < -0.39 is 5.60 Å². The van der Waals surface area contributed by atoms with Gasteiger partial charge in [0.25, 0.3) is 5.56 Å². The Hall–Kier alpha value is -2.96. The van der Waals surface area contributed by atoms with Crippen LogP contribution in [0.25, 0.3) is 22.6 Å². The van der Waals surface area contributed by atoms with E-state index in [1.54, 1.807) is 6.20 Å². The first-order valence-corrected chi connectivity index (χ1v) is 12.5. The lowest BCUT2D eigenvalue weighted by atomic mass is 9.96. The predicted molar refractivity (Wildman–Crippen MR) is 136 cm³/mol. The molecule has 1 saturated heterocycles. The van der Waals surface area contributed by atoms with Gasteiger partial charge in [-0.25, -0.2) is 4.98 Å². The lowest BCUT2D eigenvalue weighted by molar-refractivity contribution is -0.161. The van der Waals surface area contributed by atoms with E-state index >= 15 is 0 Å². The molecule has 0 atom stereocenters. The normalized spacial score (nSPS) is 15.3. The molecule has 0 bridgehead atoms. The number of benzene rings is 1. The van der Waals surface area contributed by atoms with Crippen molar-refractivity contribution < 1.29 is 13.9 Å². The standard InChI is InChI=1S/C26H29BrN4O4/c1-16-19(6-5-7-20(16)27)23-29-21-22(34-23)18(14-28)15-31(24(21)32)13-12-30-10-8-17(9-11-30)25(33)35-26(2,3)4/h5-7,15,17H,8-13H2,1-4H3. The van der Waals surface area contributed by atoms with Crippen molar-refractivity contribution in [1.82, 2.24) is 14.5 Å². The Balaban J connectivity index is 1.49. The van der Waals surface area contributed by atoms with E-state index in [0.29, 0.717) is 19.0 Å². The number of carbonyl (C=O) groups is 1. The zero-order chi connectivity index (χ0) is 25.3. The number of rotatable bonds is 5. The molecule has 0 spiro atoms. The number of hydrogen-bond acceptors (Lipinski definition) is 7. The van der Waals surface area contributed by atoms with Gasteiger partial charge in [-0.3, -0.25) is 9.59 Å². The number of ether oxygens (including phenoxy) is 1. The van der Waals surface area contributed by atoms with Crippen LogP contribution in [0, 0.1) is 24.2 Å². The van der Waals surface area contributed by atoms with E-state index in [9.17, 15) is 14.9 Å². The molecule has 1 fully saturated rings. The van der Waals surface area contributed by atoms with Crippen LogP contribution >= 0.6 is 15.9 Å². The molecule has 0 N–H and O–H groups in total. The molecule has 9 heteroatoms. The second kappa shape index (κ2) is 9.96. The maximum atomic E-state index is 13.2. The zero-order valence-corrected chi connectivity index (χ0v) is 22.0. The molecular formula is C26H29BrN4O4. The zero-order valence-electron chi connectivity index (χ0n) is 20.4. The summed E-state index contributed by atoms with van der Waals surface area (Å²) in [6.07, 6.45) is 3.00. The highest BCUT2D eigenvalue weighted by atomic mass is 79.9. The van der Waals surface area contributed by atoms with E-state index in [0.717, 1.165) is 41.5 Å². The number of piperidine rings is 1. The third-order valence-corrected chi connectivity index (χ3v) is 7.08. The van der Waals surface area contributed by atoms with Crippen LogP contribution in [0.3, 0.4) is 0 Å². The SMILES string of the molecule is Cc1c(Br)cccc1-c1nc2c(=O)n(CCN3CCC(C(=O)OC(C)(C)C)CC3)cc(C#N)c2o1. The largest absolute Gasteiger partial charge is 0.460 e. The summed E-state index contributed by atoms with van der Waals surface area (Å²) >= 11 is 3.51. The van der Waals surface area contributed by atoms with Crippen LogP contribution in [0.5, 0.6) is 0 Å². The first kappa shape index (κ1) is 25.1. The summed E-state index contributed by atoms with van der Waals surface area (Å²) in [5.74, 6) is 0.0825. The average Bonchev–Trinajstić information content (AvgIpc) is 3.25. The second-order valence-electron chi connectivity index (χ2n) is 9.91. The number of pyridine rings is 1. The number of esters is 1. The Bertz CT molecular complexity index is 1350. The highest BCUT2D eigenvalue weighted by Crippen LogP contribution is 2.30. The third-order valence-electron chi connectivity index (χ3n) is 6.22. The number of aromatic nitrogens is 2. The number of halogens is 1. The van der Waals surface area contributed by atoms with Crippen LogP contribution in [0.4, 0.5) is 0 Å². The summed E-state index contributed by atoms with van der Waals surface area (Å²) in [4.78, 5) is 32.2. The third kappa shape index (κ3) is 5.49. The number of hydrogen-bond donors (Lipinski definition) is 0. The fourth-order valence-electron chi connectivity index (χ4n) is 4.28. The van der Waals surface area contributed by atoms with Gasteiger partial charge in [-0.1, -0.05) is 22.0 Å². The van der Waals surface area contributed by atoms with E-state index in [2.05, 4.69) is 31.9 Å². The molecule has 1 aliphatic heterocycles. The summed E-state index contributed by atoms with van der Waals surface area (Å²) in [7, 11) is 0. The maximum absolute atomic E-state index is 13.2. The Labute approximate surface area is 212 Å². The summed E-state index contributed by atoms with van der Waals surface area (Å²) in [5.41, 5.74) is 1.57. The smallest absolute Gasteiger partial charge is 0.309 e. The van der Waals surface area contributed by atoms with Crippen LogP contribution in [0.1, 0.15) is 44.7 Å². The Morgan fingerprint density at radius 1 is 1.29 bits per heavy atom. The van der Waals surface area contributed by atoms with Gasteiger partial charge in [0.1, 0.15) is 17.2 Å². The van der Waals surface area contributed by atoms with Crippen molar-refractivity contribution in [2.24, 2.45) is 5.92 Å². The van der Waals surface area contributed by atoms with Crippen molar-refractivity contribution in [2.45, 2.75) is 52.7 Å². The molecule has 0 unspecified atom stereocenters. The van der Waals surface area contributed by atoms with Crippen molar-refractivity contribution in [3.8, 4) is 17.5 Å². The number of oxazole rings is 1. The van der Waals surface area contributed by atoms with Crippen LogP contribution in [0.2, 0.25) is 0 Å². The van der Waals surface area contributed by atoms with Crippen LogP contribution in [0.15, 0.2) is 38.1 Å². The molecule has 35 heavy (non-hydrogen) atoms. The number of nitriles is 1. The number of nitrogens with zero attached hydrogens (tertiary/aromatic N) is 4. The topological polar surface area (TPSA) is 101 Å². The first-order valence-electron chi connectivity index (χ1n) is 11.7. The molecule has 0 radical (unpaired) electrons. The summed E-state index contributed by atoms with van der Waals surface area (Å²) in [6, 6.07) is 7.80. The van der Waals surface area contributed by atoms with E-state index in [1.165, 1.54) is 4.57 Å². The van der Waals surface area contributed by atoms with Gasteiger partial charge in [-0.15, -0.1) is 0 Å². The molecule has 3 heterocycles. The fraction of sp³-hybridized carbons (Fsp3) is 0.462. The molecule has 3 aromatic rings. The van der Waals surface area contributed by atoms with Gasteiger partial charge in [0.15, 0.2) is 11.1 Å². The number of likely N-dealkylation sites (tertiary alicyclic amines) is 1. The second-order valence-corrected chi connectivity index (χ2v) is 10.8. The summed E-state index contributed by atoms with van der Waals surface area (Å²) in [5, 5.41) is 9.69. The molecular weight excluding hydrogens is 512 g/mol. The van der Waals surface area contributed by atoms with Crippen molar-refractivity contribution >= 4 is 33.0 Å². The number of carbonyl (C=O) groups excluding carboxylic acids is 1. The van der Waals surface area contributed by atoms with Gasteiger partial charge < -0.3 is 18.6 Å². The molecule has 1 aromatic carbocycles. The van der Waals surface area contributed by atoms with Crippen LogP contribution in [-0.2, 0) is 16.1 Å². The lowest BCUT2D eigenvalue weighted by Gasteiger charge is -2.32. The molecule has 1 aliphatic rings. The van der Waals surface area contributed by atoms with Crippen molar-refractivity contribution in [1.29, 1.82) is 5.26 Å². The first-order chi connectivity index (χ1) is 16.6. The van der Waals surface area contributed by atoms with E-state index in [-0.39, 0.29) is 34.1 Å². The quantitative estimate of drug-likeness (QED) is 0.434. The Morgan fingerprint density at radius 2 is 2.00 bits per heavy atom. The minimum absolute atomic E-state index is 0.0928. The molecule has 4 rings (SSSR count). The van der Waals surface area contributed by atoms with Crippen LogP contribution < -0.4 is 5.56 Å². The van der Waals surface area contributed by atoms with Gasteiger partial charge >= 0.3 is 5.97 Å². The van der Waals surface area contributed by atoms with Crippen molar-refractivity contribution in [3.05, 3.63) is 50.3 Å². The molecule has 2 aromatic heterocycles. The Morgan fingerprint density at radius 3 is 2.66 bits per heavy atom. The summed E-state index contributed by atoms with van der Waals surface area (Å²) in [6.45, 7) is 10.1. The van der Waals surface area contributed by atoms with Gasteiger partial charge in [0.2, 0.25) is 5.89 Å². The lowest BCUT2D eigenvalue weighted by Crippen LogP contribution is -2.40. The summed E-state index contributed by atoms with van der Waals surface area (Å²) < 4.78 is 13.8. The molecule has 184 valence electrons. The minimum atomic E-state index is -0.483.